The van der Waals surface area contributed by atoms with Gasteiger partial charge in [0.1, 0.15) is 0 Å². The molecule has 46 heavy (non-hydrogen) atoms. The van der Waals surface area contributed by atoms with Gasteiger partial charge >= 0.3 is 0 Å². The fraction of sp³-hybridized carbons (Fsp3) is 0. The molecule has 0 radical (unpaired) electrons. The van der Waals surface area contributed by atoms with Crippen LogP contribution in [0.3, 0.4) is 0 Å². The zero-order chi connectivity index (χ0) is 30.6. The average Bonchev–Trinajstić information content (AvgIpc) is 3.65. The van der Waals surface area contributed by atoms with Gasteiger partial charge in [0, 0.05) is 32.9 Å². The van der Waals surface area contributed by atoms with Gasteiger partial charge in [0.25, 0.3) is 0 Å². The van der Waals surface area contributed by atoms with Crippen molar-refractivity contribution in [1.82, 2.24) is 9.13 Å². The summed E-state index contributed by atoms with van der Waals surface area (Å²) >= 11 is 0. The van der Waals surface area contributed by atoms with Gasteiger partial charge in [0.2, 0.25) is 0 Å². The Morgan fingerprint density at radius 1 is 0.348 bits per heavy atom. The highest BCUT2D eigenvalue weighted by Gasteiger charge is 2.15. The smallest absolute Gasteiger partial charge is 0.0992 e. The van der Waals surface area contributed by atoms with Crippen LogP contribution in [0, 0.1) is 11.3 Å². The van der Waals surface area contributed by atoms with Gasteiger partial charge in [-0.25, -0.2) is 0 Å². The van der Waals surface area contributed by atoms with Crippen molar-refractivity contribution < 1.29 is 0 Å². The predicted octanol–water partition coefficient (Wildman–Crippen LogP) is 11.1. The average molecular weight is 586 g/mol. The molecule has 0 atom stereocenters. The van der Waals surface area contributed by atoms with Crippen LogP contribution in [0.15, 0.2) is 164 Å². The van der Waals surface area contributed by atoms with Crippen LogP contribution in [0.2, 0.25) is 0 Å². The normalized spacial score (nSPS) is 11.5. The molecule has 214 valence electrons. The topological polar surface area (TPSA) is 33.6 Å². The van der Waals surface area contributed by atoms with E-state index in [-0.39, 0.29) is 0 Å². The highest BCUT2D eigenvalue weighted by molar-refractivity contribution is 6.10. The second kappa shape index (κ2) is 10.4. The molecule has 2 heterocycles. The molecule has 9 rings (SSSR count). The minimum absolute atomic E-state index is 0.636. The zero-order valence-corrected chi connectivity index (χ0v) is 24.9. The van der Waals surface area contributed by atoms with Gasteiger partial charge in [-0.05, 0) is 89.0 Å². The largest absolute Gasteiger partial charge is 0.309 e. The SMILES string of the molecule is N#Cc1cc(-c2cccc(-n3c4ccccc4c4ccccc43)c2)cc(-c2cccc(-n3c4ccccc4c4ccccc43)c2)c1. The molecule has 0 saturated carbocycles. The summed E-state index contributed by atoms with van der Waals surface area (Å²) in [6, 6.07) is 60.1. The van der Waals surface area contributed by atoms with Crippen LogP contribution in [0.5, 0.6) is 0 Å². The Hall–Kier alpha value is -6.37. The number of para-hydroxylation sites is 4. The van der Waals surface area contributed by atoms with Crippen LogP contribution < -0.4 is 0 Å². The number of rotatable bonds is 4. The second-order valence-electron chi connectivity index (χ2n) is 11.8. The van der Waals surface area contributed by atoms with Crippen LogP contribution in [0.25, 0.3) is 77.2 Å². The quantitative estimate of drug-likeness (QED) is 0.202. The van der Waals surface area contributed by atoms with Gasteiger partial charge in [0.15, 0.2) is 0 Å². The lowest BCUT2D eigenvalue weighted by Crippen LogP contribution is -1.95. The molecule has 0 saturated heterocycles. The molecule has 0 spiro atoms. The van der Waals surface area contributed by atoms with Crippen molar-refractivity contribution in [3.63, 3.8) is 0 Å². The Balaban J connectivity index is 1.19. The molecule has 9 aromatic rings. The van der Waals surface area contributed by atoms with Gasteiger partial charge < -0.3 is 9.13 Å². The van der Waals surface area contributed by atoms with Gasteiger partial charge in [-0.3, -0.25) is 0 Å². The van der Waals surface area contributed by atoms with Crippen LogP contribution in [0.4, 0.5) is 0 Å². The highest BCUT2D eigenvalue weighted by atomic mass is 15.0. The maximum absolute atomic E-state index is 10.1. The van der Waals surface area contributed by atoms with E-state index in [1.165, 1.54) is 43.6 Å². The van der Waals surface area contributed by atoms with Crippen molar-refractivity contribution in [2.24, 2.45) is 0 Å². The van der Waals surface area contributed by atoms with Crippen LogP contribution in [-0.4, -0.2) is 9.13 Å². The molecule has 3 heteroatoms. The molecule has 0 bridgehead atoms. The number of nitrogens with zero attached hydrogens (tertiary/aromatic N) is 3. The lowest BCUT2D eigenvalue weighted by atomic mass is 9.96. The molecule has 0 amide bonds. The number of benzene rings is 7. The summed E-state index contributed by atoms with van der Waals surface area (Å²) < 4.78 is 4.66. The van der Waals surface area contributed by atoms with Crippen LogP contribution >= 0.6 is 0 Å². The lowest BCUT2D eigenvalue weighted by molar-refractivity contribution is 1.18. The van der Waals surface area contributed by atoms with Crippen molar-refractivity contribution in [3.05, 3.63) is 169 Å². The van der Waals surface area contributed by atoms with E-state index in [2.05, 4.69) is 167 Å². The lowest BCUT2D eigenvalue weighted by Gasteiger charge is -2.13. The van der Waals surface area contributed by atoms with E-state index in [1.807, 2.05) is 12.1 Å². The van der Waals surface area contributed by atoms with E-state index >= 15 is 0 Å². The molecule has 0 aliphatic heterocycles. The van der Waals surface area contributed by atoms with Crippen molar-refractivity contribution in [1.29, 1.82) is 5.26 Å². The standard InChI is InChI=1S/C43H27N3/c44-28-29-23-32(30-11-9-13-34(26-30)45-40-19-5-1-15-36(40)37-16-2-6-20-41(37)45)25-33(24-29)31-12-10-14-35(27-31)46-42-21-7-3-17-38(42)39-18-4-8-22-43(39)46/h1-27H. The summed E-state index contributed by atoms with van der Waals surface area (Å²) in [4.78, 5) is 0. The van der Waals surface area contributed by atoms with Crippen LogP contribution in [0.1, 0.15) is 5.56 Å². The Bertz CT molecular complexity index is 2380. The van der Waals surface area contributed by atoms with Crippen molar-refractivity contribution in [2.45, 2.75) is 0 Å². The van der Waals surface area contributed by atoms with Gasteiger partial charge in [-0.2, -0.15) is 5.26 Å². The second-order valence-corrected chi connectivity index (χ2v) is 11.8. The van der Waals surface area contributed by atoms with E-state index in [1.54, 1.807) is 0 Å². The molecule has 2 aromatic heterocycles. The monoisotopic (exact) mass is 585 g/mol. The maximum Gasteiger partial charge on any atom is 0.0992 e. The predicted molar refractivity (Wildman–Crippen MR) is 191 cm³/mol. The van der Waals surface area contributed by atoms with E-state index in [0.29, 0.717) is 5.56 Å². The van der Waals surface area contributed by atoms with E-state index in [9.17, 15) is 5.26 Å². The van der Waals surface area contributed by atoms with Gasteiger partial charge in [-0.1, -0.05) is 97.1 Å². The van der Waals surface area contributed by atoms with Gasteiger partial charge in [0.05, 0.1) is 33.7 Å². The Labute approximate surface area is 266 Å². The Morgan fingerprint density at radius 2 is 0.717 bits per heavy atom. The van der Waals surface area contributed by atoms with Crippen LogP contribution in [-0.2, 0) is 0 Å². The first kappa shape index (κ1) is 26.1. The van der Waals surface area contributed by atoms with Crippen molar-refractivity contribution in [3.8, 4) is 39.7 Å². The van der Waals surface area contributed by atoms with E-state index < -0.39 is 0 Å². The molecule has 0 aliphatic carbocycles. The number of fused-ring (bicyclic) bond motifs is 6. The summed E-state index contributed by atoms with van der Waals surface area (Å²) in [6.45, 7) is 0. The first-order valence-corrected chi connectivity index (χ1v) is 15.5. The van der Waals surface area contributed by atoms with Crippen molar-refractivity contribution >= 4 is 43.6 Å². The summed E-state index contributed by atoms with van der Waals surface area (Å²) in [5, 5.41) is 15.1. The molecule has 0 aliphatic rings. The van der Waals surface area contributed by atoms with Gasteiger partial charge in [-0.15, -0.1) is 0 Å². The molecular formula is C43H27N3. The molecule has 0 N–H and O–H groups in total. The number of hydrogen-bond acceptors (Lipinski definition) is 1. The maximum atomic E-state index is 10.1. The Kier molecular flexibility index (Phi) is 5.88. The summed E-state index contributed by atoms with van der Waals surface area (Å²) in [5.74, 6) is 0. The van der Waals surface area contributed by atoms with E-state index in [0.717, 1.165) is 33.6 Å². The molecule has 7 aromatic carbocycles. The molecular weight excluding hydrogens is 558 g/mol. The third-order valence-corrected chi connectivity index (χ3v) is 9.10. The number of hydrogen-bond donors (Lipinski definition) is 0. The number of aromatic nitrogens is 2. The molecule has 0 unspecified atom stereocenters. The fourth-order valence-corrected chi connectivity index (χ4v) is 7.08. The minimum atomic E-state index is 0.636. The summed E-state index contributed by atoms with van der Waals surface area (Å²) in [6.07, 6.45) is 0. The molecule has 3 nitrogen and oxygen atoms in total. The number of nitriles is 1. The highest BCUT2D eigenvalue weighted by Crippen LogP contribution is 2.36. The third kappa shape index (κ3) is 4.05. The fourth-order valence-electron chi connectivity index (χ4n) is 7.08. The first-order valence-electron chi connectivity index (χ1n) is 15.5. The van der Waals surface area contributed by atoms with E-state index in [4.69, 9.17) is 0 Å². The molecule has 0 fully saturated rings. The summed E-state index contributed by atoms with van der Waals surface area (Å²) in [5.41, 5.74) is 11.7. The summed E-state index contributed by atoms with van der Waals surface area (Å²) in [7, 11) is 0. The van der Waals surface area contributed by atoms with Crippen molar-refractivity contribution in [2.75, 3.05) is 0 Å². The zero-order valence-electron chi connectivity index (χ0n) is 24.9. The Morgan fingerprint density at radius 3 is 1.09 bits per heavy atom. The first-order chi connectivity index (χ1) is 22.8. The third-order valence-electron chi connectivity index (χ3n) is 9.10. The minimum Gasteiger partial charge on any atom is -0.309 e.